The highest BCUT2D eigenvalue weighted by Gasteiger charge is 2.47. The summed E-state index contributed by atoms with van der Waals surface area (Å²) in [5, 5.41) is 28.9. The van der Waals surface area contributed by atoms with Gasteiger partial charge in [-0.1, -0.05) is 6.92 Å². The molecule has 4 rings (SSSR count). The van der Waals surface area contributed by atoms with Crippen LogP contribution in [0.5, 0.6) is 0 Å². The van der Waals surface area contributed by atoms with Gasteiger partial charge in [-0.15, -0.1) is 0 Å². The Labute approximate surface area is 179 Å². The van der Waals surface area contributed by atoms with Crippen molar-refractivity contribution in [2.75, 3.05) is 20.1 Å². The highest BCUT2D eigenvalue weighted by atomic mass is 16.2. The second-order valence-corrected chi connectivity index (χ2v) is 7.50. The van der Waals surface area contributed by atoms with Gasteiger partial charge >= 0.3 is 0 Å². The summed E-state index contributed by atoms with van der Waals surface area (Å²) in [7, 11) is 1.76. The van der Waals surface area contributed by atoms with Crippen molar-refractivity contribution < 1.29 is 4.79 Å². The van der Waals surface area contributed by atoms with Crippen molar-refractivity contribution in [1.29, 1.82) is 10.7 Å². The normalized spacial score (nSPS) is 15.4. The molecule has 2 N–H and O–H groups in total. The monoisotopic (exact) mass is 417 g/mol. The van der Waals surface area contributed by atoms with Gasteiger partial charge in [0.05, 0.1) is 48.0 Å². The lowest BCUT2D eigenvalue weighted by molar-refractivity contribution is -0.142. The van der Waals surface area contributed by atoms with Gasteiger partial charge in [-0.05, 0) is 6.07 Å². The predicted molar refractivity (Wildman–Crippen MR) is 115 cm³/mol. The van der Waals surface area contributed by atoms with Crippen molar-refractivity contribution in [3.63, 3.8) is 0 Å². The number of hydrogen-bond donors (Lipinski definition) is 2. The maximum Gasteiger partial charge on any atom is 0.222 e. The first-order chi connectivity index (χ1) is 15.0. The van der Waals surface area contributed by atoms with E-state index in [0.717, 1.165) is 11.1 Å². The van der Waals surface area contributed by atoms with Crippen LogP contribution in [0.25, 0.3) is 22.3 Å². The first kappa shape index (κ1) is 20.3. The average Bonchev–Trinajstić information content (AvgIpc) is 3.42. The molecule has 4 heterocycles. The van der Waals surface area contributed by atoms with E-state index in [9.17, 15) is 10.1 Å². The number of nitrogens with zero attached hydrogens (tertiary/aromatic N) is 7. The zero-order valence-electron chi connectivity index (χ0n) is 17.4. The predicted octanol–water partition coefficient (Wildman–Crippen LogP) is 1.66. The lowest BCUT2D eigenvalue weighted by Gasteiger charge is -2.49. The van der Waals surface area contributed by atoms with Crippen molar-refractivity contribution >= 4 is 23.2 Å². The molecule has 0 atom stereocenters. The Kier molecular flexibility index (Phi) is 5.25. The van der Waals surface area contributed by atoms with Gasteiger partial charge in [0.15, 0.2) is 0 Å². The molecule has 1 amide bonds. The quantitative estimate of drug-likeness (QED) is 0.563. The Morgan fingerprint density at radius 2 is 2.19 bits per heavy atom. The molecule has 1 aliphatic heterocycles. The molecule has 0 radical (unpaired) electrons. The minimum Gasteiger partial charge on any atom is -0.393 e. The third-order valence-electron chi connectivity index (χ3n) is 5.52. The van der Waals surface area contributed by atoms with Crippen LogP contribution in [0.15, 0.2) is 37.1 Å². The van der Waals surface area contributed by atoms with Crippen LogP contribution >= 0.6 is 0 Å². The van der Waals surface area contributed by atoms with Gasteiger partial charge in [-0.25, -0.2) is 9.50 Å². The molecule has 0 bridgehead atoms. The SMILES string of the molecule is CCC(=O)N1CC(CC#N)(n2cc(-c3nc(/C(C=N)=C/NC)cn4nccc34)cn2)C1. The Hall–Kier alpha value is -4.00. The molecule has 3 aromatic heterocycles. The summed E-state index contributed by atoms with van der Waals surface area (Å²) in [6.45, 7) is 2.76. The largest absolute Gasteiger partial charge is 0.393 e. The second kappa shape index (κ2) is 8.02. The molecule has 10 nitrogen and oxygen atoms in total. The number of nitrogens with one attached hydrogen (secondary N) is 2. The van der Waals surface area contributed by atoms with Crippen molar-refractivity contribution in [3.8, 4) is 17.3 Å². The number of rotatable bonds is 7. The smallest absolute Gasteiger partial charge is 0.222 e. The summed E-state index contributed by atoms with van der Waals surface area (Å²) in [6.07, 6.45) is 10.7. The number of amides is 1. The van der Waals surface area contributed by atoms with E-state index in [4.69, 9.17) is 10.4 Å². The van der Waals surface area contributed by atoms with Gasteiger partial charge in [0.2, 0.25) is 5.91 Å². The molecule has 0 unspecified atom stereocenters. The number of hydrogen-bond acceptors (Lipinski definition) is 7. The summed E-state index contributed by atoms with van der Waals surface area (Å²) in [5.41, 5.74) is 2.94. The fraction of sp³-hybridized carbons (Fsp3) is 0.333. The van der Waals surface area contributed by atoms with Gasteiger partial charge in [0.1, 0.15) is 5.54 Å². The standard InChI is InChI=1S/C21H23N9O/c1-3-19(31)28-13-21(14-28,5-6-22)30-11-16(10-26-30)20-18-4-7-25-29(18)12-17(27-20)15(8-23)9-24-2/h4,7-12,23-24H,3,5,13-14H2,1-2H3/b15-9+,23-8?. The van der Waals surface area contributed by atoms with Crippen molar-refractivity contribution in [1.82, 2.24) is 34.6 Å². The molecule has 0 spiro atoms. The highest BCUT2D eigenvalue weighted by Crippen LogP contribution is 2.34. The van der Waals surface area contributed by atoms with Crippen LogP contribution in [0.3, 0.4) is 0 Å². The fourth-order valence-corrected chi connectivity index (χ4v) is 3.88. The van der Waals surface area contributed by atoms with Crippen LogP contribution in [0.4, 0.5) is 0 Å². The number of fused-ring (bicyclic) bond motifs is 1. The van der Waals surface area contributed by atoms with E-state index >= 15 is 0 Å². The van der Waals surface area contributed by atoms with Gasteiger partial charge in [-0.3, -0.25) is 9.48 Å². The number of carbonyl (C=O) groups is 1. The third kappa shape index (κ3) is 3.44. The van der Waals surface area contributed by atoms with Gasteiger partial charge in [-0.2, -0.15) is 15.5 Å². The first-order valence-electron chi connectivity index (χ1n) is 9.98. The number of carbonyl (C=O) groups excluding carboxylic acids is 1. The molecule has 0 aromatic carbocycles. The van der Waals surface area contributed by atoms with E-state index in [-0.39, 0.29) is 12.3 Å². The van der Waals surface area contributed by atoms with Crippen LogP contribution in [0.1, 0.15) is 25.5 Å². The third-order valence-corrected chi connectivity index (χ3v) is 5.52. The molecule has 0 saturated carbocycles. The molecule has 3 aromatic rings. The topological polar surface area (TPSA) is 128 Å². The van der Waals surface area contributed by atoms with Crippen LogP contribution in [-0.2, 0) is 10.3 Å². The molecular weight excluding hydrogens is 394 g/mol. The molecule has 158 valence electrons. The number of likely N-dealkylation sites (tertiary alicyclic amines) is 1. The van der Waals surface area contributed by atoms with Gasteiger partial charge in [0.25, 0.3) is 0 Å². The van der Waals surface area contributed by atoms with Crippen LogP contribution in [0.2, 0.25) is 0 Å². The van der Waals surface area contributed by atoms with E-state index < -0.39 is 5.54 Å². The first-order valence-corrected chi connectivity index (χ1v) is 9.98. The summed E-state index contributed by atoms with van der Waals surface area (Å²) >= 11 is 0. The molecule has 0 aliphatic carbocycles. The second-order valence-electron chi connectivity index (χ2n) is 7.50. The maximum absolute atomic E-state index is 12.0. The van der Waals surface area contributed by atoms with E-state index in [1.54, 1.807) is 45.9 Å². The lowest BCUT2D eigenvalue weighted by atomic mass is 9.86. The molecule has 10 heteroatoms. The molecule has 1 fully saturated rings. The molecule has 1 saturated heterocycles. The summed E-state index contributed by atoms with van der Waals surface area (Å²) in [6, 6.07) is 4.11. The van der Waals surface area contributed by atoms with Gasteiger partial charge in [0, 0.05) is 56.3 Å². The molecular formula is C21H23N9O. The van der Waals surface area contributed by atoms with E-state index in [0.29, 0.717) is 36.5 Å². The van der Waals surface area contributed by atoms with E-state index in [1.165, 1.54) is 6.21 Å². The van der Waals surface area contributed by atoms with Crippen LogP contribution in [0, 0.1) is 16.7 Å². The zero-order chi connectivity index (χ0) is 22.0. The minimum atomic E-state index is -0.530. The number of nitriles is 1. The Bertz CT molecular complexity index is 1210. The maximum atomic E-state index is 12.0. The lowest BCUT2D eigenvalue weighted by Crippen LogP contribution is -2.64. The van der Waals surface area contributed by atoms with Crippen molar-refractivity contribution in [3.05, 3.63) is 42.7 Å². The Balaban J connectivity index is 1.75. The zero-order valence-corrected chi connectivity index (χ0v) is 17.4. The summed E-state index contributed by atoms with van der Waals surface area (Å²) in [5.74, 6) is 0.0757. The average molecular weight is 417 g/mol. The molecule has 1 aliphatic rings. The van der Waals surface area contributed by atoms with Crippen molar-refractivity contribution in [2.24, 2.45) is 0 Å². The Morgan fingerprint density at radius 1 is 1.39 bits per heavy atom. The number of allylic oxidation sites excluding steroid dienone is 1. The van der Waals surface area contributed by atoms with Crippen LogP contribution < -0.4 is 5.32 Å². The van der Waals surface area contributed by atoms with E-state index in [1.807, 2.05) is 19.2 Å². The minimum absolute atomic E-state index is 0.0757. The van der Waals surface area contributed by atoms with Gasteiger partial charge < -0.3 is 15.6 Å². The van der Waals surface area contributed by atoms with E-state index in [2.05, 4.69) is 21.6 Å². The number of aromatic nitrogens is 5. The molecule has 31 heavy (non-hydrogen) atoms. The fourth-order valence-electron chi connectivity index (χ4n) is 3.88. The highest BCUT2D eigenvalue weighted by molar-refractivity contribution is 6.07. The summed E-state index contributed by atoms with van der Waals surface area (Å²) < 4.78 is 3.51. The van der Waals surface area contributed by atoms with Crippen LogP contribution in [-0.4, -0.2) is 61.5 Å². The Morgan fingerprint density at radius 3 is 2.87 bits per heavy atom. The van der Waals surface area contributed by atoms with Crippen molar-refractivity contribution in [2.45, 2.75) is 25.3 Å². The summed E-state index contributed by atoms with van der Waals surface area (Å²) in [4.78, 5) is 18.5.